The minimum atomic E-state index is -0.249. The van der Waals surface area contributed by atoms with Gasteiger partial charge in [0.1, 0.15) is 0 Å². The molecule has 0 aliphatic carbocycles. The molecule has 1 N–H and O–H groups in total. The molecule has 3 amide bonds. The second-order valence-corrected chi connectivity index (χ2v) is 8.04. The van der Waals surface area contributed by atoms with Crippen molar-refractivity contribution in [3.8, 4) is 11.5 Å². The highest BCUT2D eigenvalue weighted by Crippen LogP contribution is 2.19. The number of benzene rings is 2. The number of aromatic nitrogens is 2. The summed E-state index contributed by atoms with van der Waals surface area (Å²) in [6.07, 6.45) is 0.432. The maximum atomic E-state index is 12.6. The zero-order valence-electron chi connectivity index (χ0n) is 18.2. The van der Waals surface area contributed by atoms with E-state index in [9.17, 15) is 9.59 Å². The molecule has 3 aromatic rings. The van der Waals surface area contributed by atoms with E-state index >= 15 is 0 Å². The number of likely N-dealkylation sites (N-methyl/N-ethyl adjacent to an activating group) is 1. The van der Waals surface area contributed by atoms with Gasteiger partial charge in [0.15, 0.2) is 5.82 Å². The van der Waals surface area contributed by atoms with Crippen molar-refractivity contribution in [1.29, 1.82) is 0 Å². The summed E-state index contributed by atoms with van der Waals surface area (Å²) in [5.74, 6) is 0.837. The average molecular weight is 470 g/mol. The number of nitrogens with zero attached hydrogens (tertiary/aromatic N) is 4. The van der Waals surface area contributed by atoms with Crippen molar-refractivity contribution in [2.24, 2.45) is 0 Å². The standard InChI is InChI=1S/C23H24ClN5O4/c1-28(23(31)25-19-8-6-18(24)7-9-19)11-10-20-26-21(33-27-20)16-2-4-17(5-3-16)22(30)29-12-14-32-15-13-29/h2-9H,10-15H2,1H3,(H,25,31). The van der Waals surface area contributed by atoms with Gasteiger partial charge in [-0.1, -0.05) is 16.8 Å². The lowest BCUT2D eigenvalue weighted by Crippen LogP contribution is -2.40. The van der Waals surface area contributed by atoms with Crippen LogP contribution in [0.4, 0.5) is 10.5 Å². The SMILES string of the molecule is CN(CCc1noc(-c2ccc(C(=O)N3CCOCC3)cc2)n1)C(=O)Nc1ccc(Cl)cc1. The number of anilines is 1. The van der Waals surface area contributed by atoms with Crippen LogP contribution in [0, 0.1) is 0 Å². The van der Waals surface area contributed by atoms with Crippen LogP contribution in [0.15, 0.2) is 53.1 Å². The molecule has 2 heterocycles. The lowest BCUT2D eigenvalue weighted by molar-refractivity contribution is 0.0303. The summed E-state index contributed by atoms with van der Waals surface area (Å²) in [6, 6.07) is 13.7. The molecule has 10 heteroatoms. The smallest absolute Gasteiger partial charge is 0.321 e. The van der Waals surface area contributed by atoms with Gasteiger partial charge in [-0.15, -0.1) is 0 Å². The summed E-state index contributed by atoms with van der Waals surface area (Å²) in [6.45, 7) is 2.73. The van der Waals surface area contributed by atoms with Crippen molar-refractivity contribution in [1.82, 2.24) is 19.9 Å². The highest BCUT2D eigenvalue weighted by Gasteiger charge is 2.19. The molecule has 1 saturated heterocycles. The van der Waals surface area contributed by atoms with Crippen molar-refractivity contribution < 1.29 is 18.8 Å². The molecule has 9 nitrogen and oxygen atoms in total. The topological polar surface area (TPSA) is 101 Å². The van der Waals surface area contributed by atoms with Crippen molar-refractivity contribution in [2.45, 2.75) is 6.42 Å². The third-order valence-electron chi connectivity index (χ3n) is 5.26. The molecule has 0 radical (unpaired) electrons. The Hall–Kier alpha value is -3.43. The predicted molar refractivity (Wildman–Crippen MR) is 123 cm³/mol. The fourth-order valence-electron chi connectivity index (χ4n) is 3.30. The second-order valence-electron chi connectivity index (χ2n) is 7.61. The molecule has 0 saturated carbocycles. The van der Waals surface area contributed by atoms with Gasteiger partial charge in [-0.2, -0.15) is 4.98 Å². The van der Waals surface area contributed by atoms with Crippen LogP contribution in [0.25, 0.3) is 11.5 Å². The van der Waals surface area contributed by atoms with Crippen LogP contribution >= 0.6 is 11.6 Å². The number of halogens is 1. The molecule has 33 heavy (non-hydrogen) atoms. The van der Waals surface area contributed by atoms with Crippen molar-refractivity contribution in [2.75, 3.05) is 45.2 Å². The van der Waals surface area contributed by atoms with E-state index in [1.54, 1.807) is 60.5 Å². The third-order valence-corrected chi connectivity index (χ3v) is 5.51. The first-order valence-electron chi connectivity index (χ1n) is 10.6. The van der Waals surface area contributed by atoms with Gasteiger partial charge in [-0.3, -0.25) is 4.79 Å². The molecular formula is C23H24ClN5O4. The third kappa shape index (κ3) is 5.88. The van der Waals surface area contributed by atoms with Gasteiger partial charge >= 0.3 is 6.03 Å². The fourth-order valence-corrected chi connectivity index (χ4v) is 3.42. The highest BCUT2D eigenvalue weighted by atomic mass is 35.5. The predicted octanol–water partition coefficient (Wildman–Crippen LogP) is 3.57. The Bertz CT molecular complexity index is 1090. The first-order valence-corrected chi connectivity index (χ1v) is 10.9. The van der Waals surface area contributed by atoms with Gasteiger partial charge in [-0.25, -0.2) is 4.79 Å². The van der Waals surface area contributed by atoms with Gasteiger partial charge in [0.05, 0.1) is 13.2 Å². The molecule has 172 valence electrons. The summed E-state index contributed by atoms with van der Waals surface area (Å²) in [5, 5.41) is 7.40. The number of ether oxygens (including phenoxy) is 1. The van der Waals surface area contributed by atoms with Crippen LogP contribution in [0.5, 0.6) is 0 Å². The van der Waals surface area contributed by atoms with E-state index in [4.69, 9.17) is 20.9 Å². The fraction of sp³-hybridized carbons (Fsp3) is 0.304. The minimum Gasteiger partial charge on any atom is -0.378 e. The normalized spacial score (nSPS) is 13.6. The number of rotatable bonds is 6. The summed E-state index contributed by atoms with van der Waals surface area (Å²) in [5.41, 5.74) is 1.99. The number of amides is 3. The minimum absolute atomic E-state index is 0.0176. The van der Waals surface area contributed by atoms with Gasteiger partial charge in [0.2, 0.25) is 0 Å². The van der Waals surface area contributed by atoms with Crippen LogP contribution in [-0.2, 0) is 11.2 Å². The van der Waals surface area contributed by atoms with E-state index in [0.717, 1.165) is 5.56 Å². The lowest BCUT2D eigenvalue weighted by atomic mass is 10.1. The number of morpholine rings is 1. The van der Waals surface area contributed by atoms with E-state index in [0.29, 0.717) is 67.3 Å². The molecule has 2 aromatic carbocycles. The number of hydrogen-bond acceptors (Lipinski definition) is 6. The quantitative estimate of drug-likeness (QED) is 0.592. The largest absolute Gasteiger partial charge is 0.378 e. The van der Waals surface area contributed by atoms with E-state index in [1.807, 2.05) is 0 Å². The Morgan fingerprint density at radius 3 is 2.48 bits per heavy atom. The molecule has 1 aromatic heterocycles. The van der Waals surface area contributed by atoms with E-state index in [1.165, 1.54) is 4.90 Å². The van der Waals surface area contributed by atoms with Crippen LogP contribution in [0.2, 0.25) is 5.02 Å². The van der Waals surface area contributed by atoms with Crippen molar-refractivity contribution in [3.63, 3.8) is 0 Å². The summed E-state index contributed by atoms with van der Waals surface area (Å²) >= 11 is 5.86. The van der Waals surface area contributed by atoms with Crippen LogP contribution in [0.3, 0.4) is 0 Å². The van der Waals surface area contributed by atoms with Gasteiger partial charge in [0, 0.05) is 54.9 Å². The zero-order valence-corrected chi connectivity index (χ0v) is 18.9. The summed E-state index contributed by atoms with van der Waals surface area (Å²) < 4.78 is 10.7. The molecule has 0 spiro atoms. The molecule has 1 aliphatic rings. The number of nitrogens with one attached hydrogen (secondary N) is 1. The monoisotopic (exact) mass is 469 g/mol. The van der Waals surface area contributed by atoms with Gasteiger partial charge in [0.25, 0.3) is 11.8 Å². The van der Waals surface area contributed by atoms with Crippen LogP contribution in [-0.4, -0.2) is 71.8 Å². The number of carbonyl (C=O) groups is 2. The molecule has 1 aliphatic heterocycles. The van der Waals surface area contributed by atoms with E-state index in [2.05, 4.69) is 15.5 Å². The highest BCUT2D eigenvalue weighted by molar-refractivity contribution is 6.30. The van der Waals surface area contributed by atoms with Gasteiger partial charge in [-0.05, 0) is 48.5 Å². The molecule has 0 unspecified atom stereocenters. The number of carbonyl (C=O) groups excluding carboxylic acids is 2. The maximum Gasteiger partial charge on any atom is 0.321 e. The van der Waals surface area contributed by atoms with Gasteiger partial charge < -0.3 is 24.4 Å². The Morgan fingerprint density at radius 2 is 1.79 bits per heavy atom. The lowest BCUT2D eigenvalue weighted by Gasteiger charge is -2.26. The van der Waals surface area contributed by atoms with Crippen molar-refractivity contribution >= 4 is 29.2 Å². The Morgan fingerprint density at radius 1 is 1.09 bits per heavy atom. The molecule has 4 rings (SSSR count). The number of hydrogen-bond donors (Lipinski definition) is 1. The Kier molecular flexibility index (Phi) is 7.21. The Labute approximate surface area is 196 Å². The summed E-state index contributed by atoms with van der Waals surface area (Å²) in [7, 11) is 1.69. The average Bonchev–Trinajstić information content (AvgIpc) is 3.33. The van der Waals surface area contributed by atoms with E-state index < -0.39 is 0 Å². The molecule has 0 bridgehead atoms. The summed E-state index contributed by atoms with van der Waals surface area (Å²) in [4.78, 5) is 32.6. The Balaban J connectivity index is 1.30. The second kappa shape index (κ2) is 10.5. The molecular weight excluding hydrogens is 446 g/mol. The first kappa shape index (κ1) is 22.8. The van der Waals surface area contributed by atoms with Crippen LogP contribution < -0.4 is 5.32 Å². The molecule has 1 fully saturated rings. The maximum absolute atomic E-state index is 12.6. The number of urea groups is 1. The first-order chi connectivity index (χ1) is 16.0. The molecule has 0 atom stereocenters. The van der Waals surface area contributed by atoms with E-state index in [-0.39, 0.29) is 11.9 Å². The van der Waals surface area contributed by atoms with Crippen molar-refractivity contribution in [3.05, 3.63) is 64.9 Å². The zero-order chi connectivity index (χ0) is 23.2. The van der Waals surface area contributed by atoms with Crippen LogP contribution in [0.1, 0.15) is 16.2 Å².